The molecule has 5 nitrogen and oxygen atoms in total. The normalized spacial score (nSPS) is 13.5. The summed E-state index contributed by atoms with van der Waals surface area (Å²) in [5.41, 5.74) is 1.86. The largest absolute Gasteiger partial charge is 0.295 e. The van der Waals surface area contributed by atoms with Crippen molar-refractivity contribution in [1.29, 1.82) is 0 Å². The van der Waals surface area contributed by atoms with Gasteiger partial charge < -0.3 is 0 Å². The maximum absolute atomic E-state index is 11.1. The number of non-ortho nitro benzene ring substituents is 1. The molecule has 19 heavy (non-hydrogen) atoms. The molecule has 5 heteroatoms. The molecular weight excluding hydrogens is 244 g/mol. The van der Waals surface area contributed by atoms with E-state index in [2.05, 4.69) is 0 Å². The van der Waals surface area contributed by atoms with Gasteiger partial charge in [-0.3, -0.25) is 19.8 Å². The molecule has 1 aliphatic heterocycles. The predicted octanol–water partition coefficient (Wildman–Crippen LogP) is 2.87. The fourth-order valence-electron chi connectivity index (χ4n) is 1.63. The second-order valence-corrected chi connectivity index (χ2v) is 4.05. The average Bonchev–Trinajstić information content (AvgIpc) is 2.40. The van der Waals surface area contributed by atoms with Crippen molar-refractivity contribution in [2.75, 3.05) is 0 Å². The van der Waals surface area contributed by atoms with Crippen molar-refractivity contribution in [3.63, 3.8) is 0 Å². The number of nitro benzene ring substituents is 1. The molecule has 0 aromatic heterocycles. The summed E-state index contributed by atoms with van der Waals surface area (Å²) in [5.74, 6) is -0.0538. The van der Waals surface area contributed by atoms with Gasteiger partial charge in [0.15, 0.2) is 0 Å². The molecular formula is C14H12N2O3. The summed E-state index contributed by atoms with van der Waals surface area (Å²) < 4.78 is 0. The lowest BCUT2D eigenvalue weighted by Gasteiger charge is -2.14. The van der Waals surface area contributed by atoms with E-state index < -0.39 is 4.92 Å². The van der Waals surface area contributed by atoms with Crippen molar-refractivity contribution in [1.82, 2.24) is 4.90 Å². The average molecular weight is 256 g/mol. The minimum atomic E-state index is -0.428. The minimum absolute atomic E-state index is 0.0538. The topological polar surface area (TPSA) is 63.5 Å². The standard InChI is InChI=1S/C14H12N2O3/c1-11(17)15-8-6-13(7-9-15)10-12-2-4-14(5-3-12)16(18)19/h2-10H,1H3. The Morgan fingerprint density at radius 2 is 1.79 bits per heavy atom. The van der Waals surface area contributed by atoms with Crippen LogP contribution in [0.1, 0.15) is 12.5 Å². The number of hydrogen-bond donors (Lipinski definition) is 0. The van der Waals surface area contributed by atoms with E-state index in [1.165, 1.54) is 24.0 Å². The maximum Gasteiger partial charge on any atom is 0.269 e. The molecule has 0 aliphatic carbocycles. The van der Waals surface area contributed by atoms with E-state index in [9.17, 15) is 14.9 Å². The Morgan fingerprint density at radius 1 is 1.21 bits per heavy atom. The van der Waals surface area contributed by atoms with E-state index >= 15 is 0 Å². The Bertz CT molecular complexity index is 582. The molecule has 0 saturated carbocycles. The Morgan fingerprint density at radius 3 is 2.26 bits per heavy atom. The van der Waals surface area contributed by atoms with E-state index in [0.717, 1.165) is 11.1 Å². The zero-order chi connectivity index (χ0) is 13.8. The number of rotatable bonds is 2. The molecule has 0 fully saturated rings. The number of hydrogen-bond acceptors (Lipinski definition) is 3. The highest BCUT2D eigenvalue weighted by molar-refractivity contribution is 5.76. The van der Waals surface area contributed by atoms with Gasteiger partial charge in [0, 0.05) is 31.5 Å². The van der Waals surface area contributed by atoms with Gasteiger partial charge in [0.2, 0.25) is 5.91 Å². The number of carbonyl (C=O) groups excluding carboxylic acids is 1. The summed E-state index contributed by atoms with van der Waals surface area (Å²) in [6.45, 7) is 1.49. The van der Waals surface area contributed by atoms with Gasteiger partial charge in [-0.2, -0.15) is 0 Å². The Labute approximate surface area is 110 Å². The van der Waals surface area contributed by atoms with Gasteiger partial charge in [-0.25, -0.2) is 0 Å². The van der Waals surface area contributed by atoms with Crippen LogP contribution >= 0.6 is 0 Å². The SMILES string of the molecule is CC(=O)N1C=CC(=Cc2ccc([N+](=O)[O-])cc2)C=C1. The van der Waals surface area contributed by atoms with Crippen LogP contribution in [0.4, 0.5) is 5.69 Å². The van der Waals surface area contributed by atoms with Crippen LogP contribution in [0.3, 0.4) is 0 Å². The van der Waals surface area contributed by atoms with E-state index in [-0.39, 0.29) is 11.6 Å². The molecule has 1 aliphatic rings. The van der Waals surface area contributed by atoms with Crippen molar-refractivity contribution >= 4 is 17.7 Å². The first-order chi connectivity index (χ1) is 9.06. The summed E-state index contributed by atoms with van der Waals surface area (Å²) >= 11 is 0. The Kier molecular flexibility index (Phi) is 3.56. The number of amides is 1. The molecule has 0 N–H and O–H groups in total. The second kappa shape index (κ2) is 5.30. The Balaban J connectivity index is 2.15. The Hall–Kier alpha value is -2.69. The van der Waals surface area contributed by atoms with E-state index in [0.29, 0.717) is 0 Å². The number of nitrogens with zero attached hydrogens (tertiary/aromatic N) is 2. The first-order valence-corrected chi connectivity index (χ1v) is 5.68. The lowest BCUT2D eigenvalue weighted by Crippen LogP contribution is -2.17. The summed E-state index contributed by atoms with van der Waals surface area (Å²) in [4.78, 5) is 22.7. The van der Waals surface area contributed by atoms with E-state index in [4.69, 9.17) is 0 Å². The van der Waals surface area contributed by atoms with Crippen LogP contribution in [0.25, 0.3) is 6.08 Å². The van der Waals surface area contributed by atoms with E-state index in [1.54, 1.807) is 24.5 Å². The van der Waals surface area contributed by atoms with Crippen molar-refractivity contribution in [2.24, 2.45) is 0 Å². The van der Waals surface area contributed by atoms with E-state index in [1.807, 2.05) is 18.2 Å². The van der Waals surface area contributed by atoms with Crippen molar-refractivity contribution in [2.45, 2.75) is 6.92 Å². The molecule has 0 unspecified atom stereocenters. The highest BCUT2D eigenvalue weighted by Crippen LogP contribution is 2.17. The minimum Gasteiger partial charge on any atom is -0.295 e. The van der Waals surface area contributed by atoms with Gasteiger partial charge in [-0.05, 0) is 41.5 Å². The van der Waals surface area contributed by atoms with Gasteiger partial charge >= 0.3 is 0 Å². The molecule has 2 rings (SSSR count). The fraction of sp³-hybridized carbons (Fsp3) is 0.0714. The van der Waals surface area contributed by atoms with Crippen molar-refractivity contribution in [3.05, 3.63) is 70.1 Å². The number of allylic oxidation sites excluding steroid dienone is 3. The third kappa shape index (κ3) is 3.16. The third-order valence-corrected chi connectivity index (χ3v) is 2.66. The number of carbonyl (C=O) groups is 1. The summed E-state index contributed by atoms with van der Waals surface area (Å²) in [6, 6.07) is 6.30. The molecule has 0 bridgehead atoms. The van der Waals surface area contributed by atoms with Gasteiger partial charge in [-0.1, -0.05) is 0 Å². The van der Waals surface area contributed by atoms with Crippen LogP contribution < -0.4 is 0 Å². The summed E-state index contributed by atoms with van der Waals surface area (Å²) in [5, 5.41) is 10.5. The second-order valence-electron chi connectivity index (χ2n) is 4.05. The zero-order valence-corrected chi connectivity index (χ0v) is 10.3. The number of benzene rings is 1. The molecule has 1 amide bonds. The first-order valence-electron chi connectivity index (χ1n) is 5.68. The molecule has 0 saturated heterocycles. The summed E-state index contributed by atoms with van der Waals surface area (Å²) in [6.07, 6.45) is 8.86. The highest BCUT2D eigenvalue weighted by atomic mass is 16.6. The fourth-order valence-corrected chi connectivity index (χ4v) is 1.63. The lowest BCUT2D eigenvalue weighted by molar-refractivity contribution is -0.384. The van der Waals surface area contributed by atoms with Crippen LogP contribution in [0, 0.1) is 10.1 Å². The van der Waals surface area contributed by atoms with Gasteiger partial charge in [-0.15, -0.1) is 0 Å². The molecule has 1 aromatic carbocycles. The van der Waals surface area contributed by atoms with Gasteiger partial charge in [0.25, 0.3) is 5.69 Å². The first kappa shape index (κ1) is 12.8. The van der Waals surface area contributed by atoms with Gasteiger partial charge in [0.1, 0.15) is 0 Å². The number of nitro groups is 1. The summed E-state index contributed by atoms with van der Waals surface area (Å²) in [7, 11) is 0. The van der Waals surface area contributed by atoms with Crippen molar-refractivity contribution in [3.8, 4) is 0 Å². The molecule has 0 radical (unpaired) electrons. The molecule has 1 aromatic rings. The van der Waals surface area contributed by atoms with Crippen LogP contribution in [-0.4, -0.2) is 15.7 Å². The molecule has 96 valence electrons. The van der Waals surface area contributed by atoms with Crippen LogP contribution in [0.15, 0.2) is 54.4 Å². The third-order valence-electron chi connectivity index (χ3n) is 2.66. The lowest BCUT2D eigenvalue weighted by atomic mass is 10.1. The predicted molar refractivity (Wildman–Crippen MR) is 71.9 cm³/mol. The molecule has 0 spiro atoms. The van der Waals surface area contributed by atoms with Crippen LogP contribution in [0.2, 0.25) is 0 Å². The molecule has 1 heterocycles. The molecule has 0 atom stereocenters. The monoisotopic (exact) mass is 256 g/mol. The quantitative estimate of drug-likeness (QED) is 0.603. The van der Waals surface area contributed by atoms with Crippen LogP contribution in [-0.2, 0) is 4.79 Å². The smallest absolute Gasteiger partial charge is 0.269 e. The van der Waals surface area contributed by atoms with Crippen molar-refractivity contribution < 1.29 is 9.72 Å². The van der Waals surface area contributed by atoms with Gasteiger partial charge in [0.05, 0.1) is 4.92 Å². The van der Waals surface area contributed by atoms with Crippen LogP contribution in [0.5, 0.6) is 0 Å². The maximum atomic E-state index is 11.1. The zero-order valence-electron chi connectivity index (χ0n) is 10.3. The highest BCUT2D eigenvalue weighted by Gasteiger charge is 2.05.